The molecule has 1 fully saturated rings. The van der Waals surface area contributed by atoms with Crippen LogP contribution in [-0.2, 0) is 20.7 Å². The molecule has 27 heavy (non-hydrogen) atoms. The molecule has 1 unspecified atom stereocenters. The van der Waals surface area contributed by atoms with Crippen molar-refractivity contribution in [3.8, 4) is 0 Å². The van der Waals surface area contributed by atoms with Crippen LogP contribution in [-0.4, -0.2) is 49.4 Å². The summed E-state index contributed by atoms with van der Waals surface area (Å²) in [5.41, 5.74) is 1.89. The normalized spacial score (nSPS) is 19.2. The predicted octanol–water partition coefficient (Wildman–Crippen LogP) is 2.45. The Bertz CT molecular complexity index is 771. The Morgan fingerprint density at radius 3 is 2.74 bits per heavy atom. The fourth-order valence-electron chi connectivity index (χ4n) is 3.23. The summed E-state index contributed by atoms with van der Waals surface area (Å²) in [5, 5.41) is 2.62. The van der Waals surface area contributed by atoms with Crippen LogP contribution in [0.25, 0.3) is 0 Å². The minimum atomic E-state index is -0.587. The molecule has 2 aliphatic rings. The molecule has 1 saturated heterocycles. The van der Waals surface area contributed by atoms with E-state index in [2.05, 4.69) is 5.32 Å². The van der Waals surface area contributed by atoms with Gasteiger partial charge < -0.3 is 19.7 Å². The van der Waals surface area contributed by atoms with Crippen molar-refractivity contribution in [1.82, 2.24) is 5.32 Å². The fourth-order valence-corrected chi connectivity index (χ4v) is 3.23. The van der Waals surface area contributed by atoms with E-state index in [9.17, 15) is 14.4 Å². The number of nitrogens with zero attached hydrogens (tertiary/aromatic N) is 2. The lowest BCUT2D eigenvalue weighted by molar-refractivity contribution is -0.117. The summed E-state index contributed by atoms with van der Waals surface area (Å²) in [6.45, 7) is 8.38. The van der Waals surface area contributed by atoms with Gasteiger partial charge in [-0.2, -0.15) is 0 Å². The number of ether oxygens (including phenoxy) is 2. The van der Waals surface area contributed by atoms with Gasteiger partial charge in [0.05, 0.1) is 19.5 Å². The molecule has 1 N–H and O–H groups in total. The van der Waals surface area contributed by atoms with Crippen LogP contribution in [0.15, 0.2) is 18.2 Å². The number of hydrogen-bond acceptors (Lipinski definition) is 5. The maximum absolute atomic E-state index is 12.2. The van der Waals surface area contributed by atoms with Gasteiger partial charge in [-0.25, -0.2) is 9.59 Å². The van der Waals surface area contributed by atoms with E-state index >= 15 is 0 Å². The molecule has 0 aliphatic carbocycles. The summed E-state index contributed by atoms with van der Waals surface area (Å²) in [6.07, 6.45) is -1.15. The molecule has 8 nitrogen and oxygen atoms in total. The van der Waals surface area contributed by atoms with Gasteiger partial charge in [0.25, 0.3) is 0 Å². The summed E-state index contributed by atoms with van der Waals surface area (Å²) in [5.74, 6) is 0.0630. The standard InChI is InChI=1S/C19H25N3O5/c1-5-21-15-7-6-13(8-12(15)9-16(21)23)22-11-14(26-18(22)25)10-20-17(24)27-19(2,3)4/h6-8,14H,5,9-11H2,1-4H3,(H,20,24). The highest BCUT2D eigenvalue weighted by Crippen LogP contribution is 2.33. The van der Waals surface area contributed by atoms with Crippen molar-refractivity contribution < 1.29 is 23.9 Å². The molecule has 2 heterocycles. The van der Waals surface area contributed by atoms with E-state index < -0.39 is 23.9 Å². The molecule has 0 radical (unpaired) electrons. The van der Waals surface area contributed by atoms with Gasteiger partial charge in [0.2, 0.25) is 5.91 Å². The Balaban J connectivity index is 1.62. The largest absolute Gasteiger partial charge is 0.444 e. The molecule has 0 spiro atoms. The number of alkyl carbamates (subject to hydrolysis) is 1. The van der Waals surface area contributed by atoms with Crippen molar-refractivity contribution in [1.29, 1.82) is 0 Å². The van der Waals surface area contributed by atoms with Crippen LogP contribution < -0.4 is 15.1 Å². The van der Waals surface area contributed by atoms with Gasteiger partial charge in [0, 0.05) is 17.9 Å². The second-order valence-electron chi connectivity index (χ2n) is 7.63. The van der Waals surface area contributed by atoms with Crippen LogP contribution >= 0.6 is 0 Å². The minimum absolute atomic E-state index is 0.0630. The second kappa shape index (κ2) is 7.09. The zero-order valence-electron chi connectivity index (χ0n) is 16.1. The van der Waals surface area contributed by atoms with Crippen molar-refractivity contribution in [2.24, 2.45) is 0 Å². The smallest absolute Gasteiger partial charge is 0.414 e. The highest BCUT2D eigenvalue weighted by Gasteiger charge is 2.34. The third-order valence-corrected chi connectivity index (χ3v) is 4.37. The zero-order chi connectivity index (χ0) is 19.8. The first-order valence-corrected chi connectivity index (χ1v) is 9.06. The average Bonchev–Trinajstić information content (AvgIpc) is 3.09. The van der Waals surface area contributed by atoms with Crippen molar-refractivity contribution >= 4 is 29.5 Å². The SMILES string of the molecule is CCN1C(=O)Cc2cc(N3CC(CNC(=O)OC(C)(C)C)OC3=O)ccc21. The van der Waals surface area contributed by atoms with Gasteiger partial charge in [0.1, 0.15) is 11.7 Å². The number of fused-ring (bicyclic) bond motifs is 1. The number of carbonyl (C=O) groups is 3. The number of hydrogen-bond donors (Lipinski definition) is 1. The second-order valence-corrected chi connectivity index (χ2v) is 7.63. The molecule has 0 bridgehead atoms. The van der Waals surface area contributed by atoms with Crippen molar-refractivity contribution in [3.63, 3.8) is 0 Å². The van der Waals surface area contributed by atoms with Crippen LogP contribution in [0.3, 0.4) is 0 Å². The van der Waals surface area contributed by atoms with Crippen molar-refractivity contribution in [2.45, 2.75) is 45.8 Å². The molecule has 1 aromatic carbocycles. The summed E-state index contributed by atoms with van der Waals surface area (Å²) in [6, 6.07) is 5.53. The lowest BCUT2D eigenvalue weighted by atomic mass is 10.1. The highest BCUT2D eigenvalue weighted by atomic mass is 16.6. The van der Waals surface area contributed by atoms with Crippen molar-refractivity contribution in [3.05, 3.63) is 23.8 Å². The zero-order valence-corrected chi connectivity index (χ0v) is 16.1. The van der Waals surface area contributed by atoms with E-state index in [1.54, 1.807) is 25.7 Å². The number of rotatable bonds is 4. The predicted molar refractivity (Wildman–Crippen MR) is 100 cm³/mol. The maximum atomic E-state index is 12.2. The van der Waals surface area contributed by atoms with E-state index in [0.717, 1.165) is 11.3 Å². The Morgan fingerprint density at radius 1 is 1.33 bits per heavy atom. The number of benzene rings is 1. The van der Waals surface area contributed by atoms with Gasteiger partial charge >= 0.3 is 12.2 Å². The van der Waals surface area contributed by atoms with E-state index in [-0.39, 0.29) is 12.5 Å². The van der Waals surface area contributed by atoms with E-state index in [1.165, 1.54) is 4.90 Å². The molecule has 146 valence electrons. The monoisotopic (exact) mass is 375 g/mol. The third-order valence-electron chi connectivity index (χ3n) is 4.37. The molecule has 1 atom stereocenters. The topological polar surface area (TPSA) is 88.2 Å². The number of anilines is 2. The Labute approximate surface area is 158 Å². The molecule has 2 aliphatic heterocycles. The van der Waals surface area contributed by atoms with Crippen LogP contribution in [0, 0.1) is 0 Å². The first-order chi connectivity index (χ1) is 12.7. The molecule has 3 rings (SSSR count). The highest BCUT2D eigenvalue weighted by molar-refractivity contribution is 6.02. The van der Waals surface area contributed by atoms with E-state index in [0.29, 0.717) is 25.2 Å². The first-order valence-electron chi connectivity index (χ1n) is 9.06. The van der Waals surface area contributed by atoms with Crippen LogP contribution in [0.5, 0.6) is 0 Å². The van der Waals surface area contributed by atoms with Gasteiger partial charge in [-0.1, -0.05) is 0 Å². The Kier molecular flexibility index (Phi) is 4.99. The number of amides is 3. The Hall–Kier alpha value is -2.77. The summed E-state index contributed by atoms with van der Waals surface area (Å²) < 4.78 is 10.5. The Morgan fingerprint density at radius 2 is 2.07 bits per heavy atom. The van der Waals surface area contributed by atoms with E-state index in [4.69, 9.17) is 9.47 Å². The van der Waals surface area contributed by atoms with Gasteiger partial charge in [-0.15, -0.1) is 0 Å². The quantitative estimate of drug-likeness (QED) is 0.873. The summed E-state index contributed by atoms with van der Waals surface area (Å²) in [4.78, 5) is 39.2. The molecule has 3 amide bonds. The van der Waals surface area contributed by atoms with E-state index in [1.807, 2.05) is 25.1 Å². The fraction of sp³-hybridized carbons (Fsp3) is 0.526. The summed E-state index contributed by atoms with van der Waals surface area (Å²) in [7, 11) is 0. The van der Waals surface area contributed by atoms with Crippen LogP contribution in [0.2, 0.25) is 0 Å². The maximum Gasteiger partial charge on any atom is 0.414 e. The number of nitrogens with one attached hydrogen (secondary N) is 1. The van der Waals surface area contributed by atoms with Gasteiger partial charge in [-0.3, -0.25) is 9.69 Å². The minimum Gasteiger partial charge on any atom is -0.444 e. The molecule has 0 saturated carbocycles. The molecular formula is C19H25N3O5. The van der Waals surface area contributed by atoms with Crippen LogP contribution in [0.1, 0.15) is 33.3 Å². The summed E-state index contributed by atoms with van der Waals surface area (Å²) >= 11 is 0. The lowest BCUT2D eigenvalue weighted by Crippen LogP contribution is -2.38. The molecule has 8 heteroatoms. The average molecular weight is 375 g/mol. The number of likely N-dealkylation sites (N-methyl/N-ethyl adjacent to an activating group) is 1. The van der Waals surface area contributed by atoms with Crippen LogP contribution in [0.4, 0.5) is 21.0 Å². The molecule has 0 aromatic heterocycles. The number of carbonyl (C=O) groups excluding carboxylic acids is 3. The van der Waals surface area contributed by atoms with Crippen molar-refractivity contribution in [2.75, 3.05) is 29.4 Å². The third kappa shape index (κ3) is 4.15. The first kappa shape index (κ1) is 19.0. The number of cyclic esters (lactones) is 1. The van der Waals surface area contributed by atoms with Gasteiger partial charge in [-0.05, 0) is 51.5 Å². The lowest BCUT2D eigenvalue weighted by Gasteiger charge is -2.20. The van der Waals surface area contributed by atoms with Gasteiger partial charge in [0.15, 0.2) is 0 Å². The molecular weight excluding hydrogens is 350 g/mol. The molecule has 1 aromatic rings.